The summed E-state index contributed by atoms with van der Waals surface area (Å²) in [5.41, 5.74) is 0.382. The number of halogens is 3. The molecule has 1 aliphatic heterocycles. The van der Waals surface area contributed by atoms with Crippen molar-refractivity contribution in [3.05, 3.63) is 35.5 Å². The summed E-state index contributed by atoms with van der Waals surface area (Å²) in [5, 5.41) is 0.537. The Morgan fingerprint density at radius 3 is 2.52 bits per heavy atom. The fourth-order valence-electron chi connectivity index (χ4n) is 3.90. The van der Waals surface area contributed by atoms with Crippen molar-refractivity contribution >= 4 is 22.6 Å². The second kappa shape index (κ2) is 7.37. The van der Waals surface area contributed by atoms with E-state index in [4.69, 9.17) is 4.74 Å². The lowest BCUT2D eigenvalue weighted by Crippen LogP contribution is -2.39. The van der Waals surface area contributed by atoms with Crippen molar-refractivity contribution in [1.29, 1.82) is 0 Å². The third-order valence-corrected chi connectivity index (χ3v) is 4.85. The van der Waals surface area contributed by atoms with E-state index < -0.39 is 17.7 Å². The van der Waals surface area contributed by atoms with Crippen molar-refractivity contribution in [2.75, 3.05) is 24.6 Å². The molecule has 0 bridgehead atoms. The summed E-state index contributed by atoms with van der Waals surface area (Å²) >= 11 is 0. The second-order valence-electron chi connectivity index (χ2n) is 7.32. The Hall–Kier alpha value is -2.31. The molecular weight excluding hydrogens is 357 g/mol. The van der Waals surface area contributed by atoms with Gasteiger partial charge in [0.15, 0.2) is 0 Å². The molecule has 7 heteroatoms. The number of alkyl halides is 3. The number of fused-ring (bicyclic) bond motifs is 1. The number of nitrogens with zero attached hydrogens (tertiary/aromatic N) is 2. The molecule has 2 atom stereocenters. The van der Waals surface area contributed by atoms with Gasteiger partial charge in [-0.3, -0.25) is 4.98 Å². The summed E-state index contributed by atoms with van der Waals surface area (Å²) in [7, 11) is 0. The van der Waals surface area contributed by atoms with E-state index in [1.807, 2.05) is 0 Å². The monoisotopic (exact) mass is 380 g/mol. The van der Waals surface area contributed by atoms with Crippen LogP contribution in [0.1, 0.15) is 43.1 Å². The first-order chi connectivity index (χ1) is 12.7. The molecule has 0 radical (unpaired) electrons. The summed E-state index contributed by atoms with van der Waals surface area (Å²) in [4.78, 5) is 18.7. The number of rotatable bonds is 3. The summed E-state index contributed by atoms with van der Waals surface area (Å²) in [6, 6.07) is 3.48. The quantitative estimate of drug-likeness (QED) is 0.710. The van der Waals surface area contributed by atoms with Gasteiger partial charge in [0, 0.05) is 24.7 Å². The largest absolute Gasteiger partial charge is 0.462 e. The molecule has 0 saturated carbocycles. The number of pyridine rings is 1. The number of hydrogen-bond acceptors (Lipinski definition) is 4. The van der Waals surface area contributed by atoms with Crippen LogP contribution in [0.25, 0.3) is 10.9 Å². The third kappa shape index (κ3) is 4.01. The van der Waals surface area contributed by atoms with E-state index in [0.29, 0.717) is 28.5 Å². The van der Waals surface area contributed by atoms with Gasteiger partial charge in [-0.15, -0.1) is 0 Å². The zero-order valence-corrected chi connectivity index (χ0v) is 15.6. The van der Waals surface area contributed by atoms with Crippen LogP contribution in [0.4, 0.5) is 18.9 Å². The lowest BCUT2D eigenvalue weighted by Gasteiger charge is -2.37. The Kier molecular flexibility index (Phi) is 5.31. The Labute approximate surface area is 156 Å². The molecule has 0 unspecified atom stereocenters. The van der Waals surface area contributed by atoms with Gasteiger partial charge in [-0.2, -0.15) is 13.2 Å². The van der Waals surface area contributed by atoms with Crippen LogP contribution in [0.2, 0.25) is 0 Å². The predicted octanol–water partition coefficient (Wildman–Crippen LogP) is 4.91. The van der Waals surface area contributed by atoms with Crippen LogP contribution < -0.4 is 4.90 Å². The number of anilines is 1. The Morgan fingerprint density at radius 1 is 1.26 bits per heavy atom. The summed E-state index contributed by atoms with van der Waals surface area (Å²) in [6.45, 7) is 7.67. The molecular formula is C20H23F3N2O2. The van der Waals surface area contributed by atoms with Crippen molar-refractivity contribution in [2.24, 2.45) is 11.8 Å². The highest BCUT2D eigenvalue weighted by Crippen LogP contribution is 2.37. The molecule has 1 fully saturated rings. The minimum Gasteiger partial charge on any atom is -0.462 e. The standard InChI is InChI=1S/C20H23F3N2O2/c1-4-27-19(26)16-9-24-17-8-14(20(21,22)23)5-6-15(17)18(16)25-10-12(2)7-13(3)11-25/h5-6,8-9,12-13H,4,7,10-11H2,1-3H3/t12-,13-/m0/s1. The number of benzene rings is 1. The third-order valence-electron chi connectivity index (χ3n) is 4.85. The molecule has 2 heterocycles. The van der Waals surface area contributed by atoms with E-state index in [1.54, 1.807) is 6.92 Å². The number of hydrogen-bond donors (Lipinski definition) is 0. The van der Waals surface area contributed by atoms with E-state index >= 15 is 0 Å². The normalized spacial score (nSPS) is 20.7. The van der Waals surface area contributed by atoms with Crippen LogP contribution in [0.15, 0.2) is 24.4 Å². The lowest BCUT2D eigenvalue weighted by atomic mass is 9.90. The number of aromatic nitrogens is 1. The van der Waals surface area contributed by atoms with Crippen molar-refractivity contribution in [2.45, 2.75) is 33.4 Å². The van der Waals surface area contributed by atoms with Gasteiger partial charge in [0.1, 0.15) is 5.56 Å². The van der Waals surface area contributed by atoms with Crippen molar-refractivity contribution in [3.8, 4) is 0 Å². The van der Waals surface area contributed by atoms with Gasteiger partial charge in [-0.25, -0.2) is 4.79 Å². The molecule has 1 aromatic heterocycles. The highest BCUT2D eigenvalue weighted by Gasteiger charge is 2.32. The Morgan fingerprint density at radius 2 is 1.93 bits per heavy atom. The smallest absolute Gasteiger partial charge is 0.416 e. The van der Waals surface area contributed by atoms with Gasteiger partial charge >= 0.3 is 12.1 Å². The highest BCUT2D eigenvalue weighted by atomic mass is 19.4. The minimum absolute atomic E-state index is 0.218. The van der Waals surface area contributed by atoms with Crippen LogP contribution in [-0.2, 0) is 10.9 Å². The van der Waals surface area contributed by atoms with Crippen LogP contribution in [0, 0.1) is 11.8 Å². The molecule has 27 heavy (non-hydrogen) atoms. The topological polar surface area (TPSA) is 42.4 Å². The Balaban J connectivity index is 2.18. The molecule has 4 nitrogen and oxygen atoms in total. The summed E-state index contributed by atoms with van der Waals surface area (Å²) < 4.78 is 44.4. The van der Waals surface area contributed by atoms with Crippen molar-refractivity contribution < 1.29 is 22.7 Å². The van der Waals surface area contributed by atoms with Crippen molar-refractivity contribution in [3.63, 3.8) is 0 Å². The Bertz CT molecular complexity index is 841. The van der Waals surface area contributed by atoms with Crippen LogP contribution in [0.3, 0.4) is 0 Å². The van der Waals surface area contributed by atoms with E-state index in [-0.39, 0.29) is 12.1 Å². The maximum absolute atomic E-state index is 13.1. The molecule has 0 spiro atoms. The van der Waals surface area contributed by atoms with Gasteiger partial charge in [0.2, 0.25) is 0 Å². The second-order valence-corrected chi connectivity index (χ2v) is 7.32. The first-order valence-electron chi connectivity index (χ1n) is 9.12. The molecule has 1 aliphatic rings. The number of piperidine rings is 1. The van der Waals surface area contributed by atoms with Gasteiger partial charge in [-0.05, 0) is 37.3 Å². The number of carbonyl (C=O) groups excluding carboxylic acids is 1. The van der Waals surface area contributed by atoms with Gasteiger partial charge < -0.3 is 9.64 Å². The molecule has 1 saturated heterocycles. The van der Waals surface area contributed by atoms with Crippen LogP contribution in [-0.4, -0.2) is 30.6 Å². The number of ether oxygens (including phenoxy) is 1. The first kappa shape index (κ1) is 19.5. The predicted molar refractivity (Wildman–Crippen MR) is 97.9 cm³/mol. The first-order valence-corrected chi connectivity index (χ1v) is 9.12. The van der Waals surface area contributed by atoms with E-state index in [2.05, 4.69) is 23.7 Å². The van der Waals surface area contributed by atoms with E-state index in [1.165, 1.54) is 12.3 Å². The van der Waals surface area contributed by atoms with E-state index in [9.17, 15) is 18.0 Å². The minimum atomic E-state index is -4.44. The number of esters is 1. The molecule has 0 aliphatic carbocycles. The van der Waals surface area contributed by atoms with Gasteiger partial charge in [0.25, 0.3) is 0 Å². The number of carbonyl (C=O) groups is 1. The molecule has 2 aromatic rings. The van der Waals surface area contributed by atoms with Crippen LogP contribution in [0.5, 0.6) is 0 Å². The zero-order chi connectivity index (χ0) is 19.8. The molecule has 3 rings (SSSR count). The molecule has 1 aromatic carbocycles. The average molecular weight is 380 g/mol. The lowest BCUT2D eigenvalue weighted by molar-refractivity contribution is -0.137. The maximum Gasteiger partial charge on any atom is 0.416 e. The SMILES string of the molecule is CCOC(=O)c1cnc2cc(C(F)(F)F)ccc2c1N1C[C@@H](C)C[C@H](C)C1. The molecule has 0 N–H and O–H groups in total. The summed E-state index contributed by atoms with van der Waals surface area (Å²) in [5.74, 6) is 0.329. The van der Waals surface area contributed by atoms with Crippen molar-refractivity contribution in [1.82, 2.24) is 4.98 Å². The maximum atomic E-state index is 13.1. The fraction of sp³-hybridized carbons (Fsp3) is 0.500. The van der Waals surface area contributed by atoms with Gasteiger partial charge in [0.05, 0.1) is 23.4 Å². The summed E-state index contributed by atoms with van der Waals surface area (Å²) in [6.07, 6.45) is -2.03. The fourth-order valence-corrected chi connectivity index (χ4v) is 3.90. The average Bonchev–Trinajstić information content (AvgIpc) is 2.58. The molecule has 0 amide bonds. The zero-order valence-electron chi connectivity index (χ0n) is 15.6. The molecule has 146 valence electrons. The highest BCUT2D eigenvalue weighted by molar-refractivity contribution is 6.05. The van der Waals surface area contributed by atoms with Gasteiger partial charge in [-0.1, -0.05) is 19.9 Å². The van der Waals surface area contributed by atoms with E-state index in [0.717, 1.165) is 31.6 Å². The van der Waals surface area contributed by atoms with Crippen LogP contribution >= 0.6 is 0 Å².